The Bertz CT molecular complexity index is 403. The van der Waals surface area contributed by atoms with Crippen molar-refractivity contribution in [1.29, 1.82) is 0 Å². The van der Waals surface area contributed by atoms with E-state index in [4.69, 9.17) is 27.9 Å². The van der Waals surface area contributed by atoms with E-state index in [9.17, 15) is 0 Å². The zero-order chi connectivity index (χ0) is 14.4. The summed E-state index contributed by atoms with van der Waals surface area (Å²) in [5, 5.41) is 4.41. The highest BCUT2D eigenvalue weighted by molar-refractivity contribution is 6.37. The van der Waals surface area contributed by atoms with E-state index in [1.54, 1.807) is 12.1 Å². The molecule has 0 atom stereocenters. The number of nitrogens with zero attached hydrogens (tertiary/aromatic N) is 1. The molecule has 3 nitrogen and oxygen atoms in total. The zero-order valence-electron chi connectivity index (χ0n) is 12.3. The highest BCUT2D eigenvalue weighted by Gasteiger charge is 2.18. The van der Waals surface area contributed by atoms with Crippen molar-refractivity contribution >= 4 is 35.6 Å². The first-order valence-electron chi connectivity index (χ1n) is 7.14. The van der Waals surface area contributed by atoms with E-state index in [-0.39, 0.29) is 12.4 Å². The van der Waals surface area contributed by atoms with Crippen molar-refractivity contribution in [3.05, 3.63) is 28.2 Å². The molecule has 0 aliphatic carbocycles. The molecule has 1 aromatic carbocycles. The number of hydrogen-bond acceptors (Lipinski definition) is 3. The third-order valence-corrected chi connectivity index (χ3v) is 4.37. The molecule has 0 saturated carbocycles. The van der Waals surface area contributed by atoms with Crippen LogP contribution in [0.3, 0.4) is 0 Å². The number of ether oxygens (including phenoxy) is 1. The van der Waals surface area contributed by atoms with Gasteiger partial charge >= 0.3 is 0 Å². The summed E-state index contributed by atoms with van der Waals surface area (Å²) < 4.78 is 5.73. The number of rotatable bonds is 6. The second kappa shape index (κ2) is 9.75. The van der Waals surface area contributed by atoms with Crippen molar-refractivity contribution in [2.45, 2.75) is 12.8 Å². The molecule has 0 bridgehead atoms. The number of nitrogens with one attached hydrogen (secondary N) is 1. The molecule has 2 rings (SSSR count). The van der Waals surface area contributed by atoms with Gasteiger partial charge in [-0.25, -0.2) is 0 Å². The van der Waals surface area contributed by atoms with Crippen LogP contribution in [0.25, 0.3) is 0 Å². The first-order valence-corrected chi connectivity index (χ1v) is 7.90. The number of halogens is 3. The minimum absolute atomic E-state index is 0. The van der Waals surface area contributed by atoms with Crippen molar-refractivity contribution in [1.82, 2.24) is 10.2 Å². The fourth-order valence-electron chi connectivity index (χ4n) is 2.60. The molecule has 1 N–H and O–H groups in total. The van der Waals surface area contributed by atoms with E-state index < -0.39 is 0 Å². The lowest BCUT2D eigenvalue weighted by Gasteiger charge is -2.31. The molecule has 0 aromatic heterocycles. The second-order valence-corrected chi connectivity index (χ2v) is 6.06. The summed E-state index contributed by atoms with van der Waals surface area (Å²) in [7, 11) is 2.02. The number of para-hydroxylation sites is 1. The largest absolute Gasteiger partial charge is 0.489 e. The summed E-state index contributed by atoms with van der Waals surface area (Å²) in [6.07, 6.45) is 2.52. The van der Waals surface area contributed by atoms with Crippen LogP contribution in [0.1, 0.15) is 12.8 Å². The highest BCUT2D eigenvalue weighted by Crippen LogP contribution is 2.32. The van der Waals surface area contributed by atoms with E-state index in [0.717, 1.165) is 32.1 Å². The minimum Gasteiger partial charge on any atom is -0.489 e. The number of likely N-dealkylation sites (tertiary alicyclic amines) is 1. The molecule has 21 heavy (non-hydrogen) atoms. The topological polar surface area (TPSA) is 24.5 Å². The summed E-state index contributed by atoms with van der Waals surface area (Å²) in [5.74, 6) is 1.41. The van der Waals surface area contributed by atoms with E-state index in [2.05, 4.69) is 10.2 Å². The molecule has 1 saturated heterocycles. The van der Waals surface area contributed by atoms with Gasteiger partial charge in [0.05, 0.1) is 10.0 Å². The average Bonchev–Trinajstić information content (AvgIpc) is 2.44. The lowest BCUT2D eigenvalue weighted by molar-refractivity contribution is 0.155. The van der Waals surface area contributed by atoms with Crippen LogP contribution in [-0.2, 0) is 0 Å². The Morgan fingerprint density at radius 2 is 1.86 bits per heavy atom. The molecule has 1 aliphatic heterocycles. The van der Waals surface area contributed by atoms with Gasteiger partial charge in [0.2, 0.25) is 0 Å². The van der Waals surface area contributed by atoms with Gasteiger partial charge < -0.3 is 10.1 Å². The third-order valence-electron chi connectivity index (χ3n) is 3.77. The summed E-state index contributed by atoms with van der Waals surface area (Å²) in [6.45, 7) is 4.96. The smallest absolute Gasteiger partial charge is 0.156 e. The van der Waals surface area contributed by atoms with Gasteiger partial charge in [-0.05, 0) is 57.6 Å². The molecule has 0 spiro atoms. The standard InChI is InChI=1S/C15H22Cl2N2O.ClH/c1-18-11-12-5-7-19(8-6-12)9-10-20-15-13(16)3-2-4-14(15)17;/h2-4,12,18H,5-11H2,1H3;1H. The van der Waals surface area contributed by atoms with Gasteiger partial charge in [0.1, 0.15) is 6.61 Å². The lowest BCUT2D eigenvalue weighted by Crippen LogP contribution is -2.38. The number of benzene rings is 1. The van der Waals surface area contributed by atoms with E-state index >= 15 is 0 Å². The summed E-state index contributed by atoms with van der Waals surface area (Å²) in [5.41, 5.74) is 0. The lowest BCUT2D eigenvalue weighted by atomic mass is 9.97. The predicted molar refractivity (Wildman–Crippen MR) is 92.3 cm³/mol. The molecule has 1 heterocycles. The van der Waals surface area contributed by atoms with E-state index in [1.165, 1.54) is 12.8 Å². The Morgan fingerprint density at radius 3 is 2.43 bits per heavy atom. The van der Waals surface area contributed by atoms with Crippen LogP contribution in [0, 0.1) is 5.92 Å². The molecular weight excluding hydrogens is 331 g/mol. The van der Waals surface area contributed by atoms with Gasteiger partial charge in [0.25, 0.3) is 0 Å². The van der Waals surface area contributed by atoms with Gasteiger partial charge in [-0.1, -0.05) is 29.3 Å². The summed E-state index contributed by atoms with van der Waals surface area (Å²) in [6, 6.07) is 5.42. The number of piperidine rings is 1. The Balaban J connectivity index is 0.00000220. The summed E-state index contributed by atoms with van der Waals surface area (Å²) in [4.78, 5) is 2.44. The van der Waals surface area contributed by atoms with Crippen LogP contribution < -0.4 is 10.1 Å². The zero-order valence-corrected chi connectivity index (χ0v) is 14.6. The van der Waals surface area contributed by atoms with Crippen LogP contribution in [0.5, 0.6) is 5.75 Å². The van der Waals surface area contributed by atoms with Crippen molar-refractivity contribution in [3.63, 3.8) is 0 Å². The van der Waals surface area contributed by atoms with Crippen LogP contribution in [-0.4, -0.2) is 44.7 Å². The maximum absolute atomic E-state index is 6.07. The maximum atomic E-state index is 6.07. The van der Waals surface area contributed by atoms with Crippen LogP contribution >= 0.6 is 35.6 Å². The molecule has 1 aromatic rings. The molecule has 1 fully saturated rings. The normalized spacial score (nSPS) is 16.5. The molecule has 0 unspecified atom stereocenters. The second-order valence-electron chi connectivity index (χ2n) is 5.24. The fourth-order valence-corrected chi connectivity index (χ4v) is 3.11. The molecular formula is C15H23Cl3N2O. The summed E-state index contributed by atoms with van der Waals surface area (Å²) >= 11 is 12.1. The Hall–Kier alpha value is -0.190. The highest BCUT2D eigenvalue weighted by atomic mass is 35.5. The van der Waals surface area contributed by atoms with Gasteiger partial charge in [0.15, 0.2) is 5.75 Å². The van der Waals surface area contributed by atoms with E-state index in [0.29, 0.717) is 22.4 Å². The van der Waals surface area contributed by atoms with Crippen LogP contribution in [0.2, 0.25) is 10.0 Å². The molecule has 0 radical (unpaired) electrons. The maximum Gasteiger partial charge on any atom is 0.156 e. The first-order chi connectivity index (χ1) is 9.70. The van der Waals surface area contributed by atoms with E-state index in [1.807, 2.05) is 13.1 Å². The van der Waals surface area contributed by atoms with Crippen molar-refractivity contribution in [3.8, 4) is 5.75 Å². The average molecular weight is 354 g/mol. The van der Waals surface area contributed by atoms with Crippen molar-refractivity contribution in [2.75, 3.05) is 39.8 Å². The number of hydrogen-bond donors (Lipinski definition) is 1. The molecule has 1 aliphatic rings. The van der Waals surface area contributed by atoms with Gasteiger partial charge in [-0.2, -0.15) is 0 Å². The Kier molecular flexibility index (Phi) is 8.76. The SMILES string of the molecule is CNCC1CCN(CCOc2c(Cl)cccc2Cl)CC1.Cl. The fraction of sp³-hybridized carbons (Fsp3) is 0.600. The predicted octanol–water partition coefficient (Wildman–Crippen LogP) is 3.73. The minimum atomic E-state index is 0. The molecule has 0 amide bonds. The molecule has 120 valence electrons. The third kappa shape index (κ3) is 5.84. The van der Waals surface area contributed by atoms with Crippen molar-refractivity contribution < 1.29 is 4.74 Å². The Morgan fingerprint density at radius 1 is 1.24 bits per heavy atom. The quantitative estimate of drug-likeness (QED) is 0.843. The van der Waals surface area contributed by atoms with Crippen molar-refractivity contribution in [2.24, 2.45) is 5.92 Å². The van der Waals surface area contributed by atoms with Gasteiger partial charge in [-0.15, -0.1) is 12.4 Å². The van der Waals surface area contributed by atoms with Crippen LogP contribution in [0.4, 0.5) is 0 Å². The van der Waals surface area contributed by atoms with Gasteiger partial charge in [0, 0.05) is 6.54 Å². The monoisotopic (exact) mass is 352 g/mol. The van der Waals surface area contributed by atoms with Gasteiger partial charge in [-0.3, -0.25) is 4.90 Å². The molecule has 6 heteroatoms. The first kappa shape index (κ1) is 18.9. The van der Waals surface area contributed by atoms with Crippen LogP contribution in [0.15, 0.2) is 18.2 Å². The Labute approximate surface area is 143 Å².